The van der Waals surface area contributed by atoms with E-state index in [-0.39, 0.29) is 17.9 Å². The molecule has 0 aromatic rings. The molecule has 102 valence electrons. The molecule has 4 heteroatoms. The maximum absolute atomic E-state index is 12.0. The first kappa shape index (κ1) is 13.5. The van der Waals surface area contributed by atoms with Gasteiger partial charge in [-0.15, -0.1) is 0 Å². The van der Waals surface area contributed by atoms with Crippen molar-refractivity contribution in [2.45, 2.75) is 58.4 Å². The third-order valence-corrected chi connectivity index (χ3v) is 4.40. The number of likely N-dealkylation sites (N-methyl/N-ethyl adjacent to an activating group) is 1. The van der Waals surface area contributed by atoms with Gasteiger partial charge in [-0.2, -0.15) is 0 Å². The van der Waals surface area contributed by atoms with E-state index in [1.54, 1.807) is 0 Å². The summed E-state index contributed by atoms with van der Waals surface area (Å²) in [7, 11) is 0. The van der Waals surface area contributed by atoms with Gasteiger partial charge in [-0.1, -0.05) is 26.2 Å². The average Bonchev–Trinajstić information content (AvgIpc) is 2.62. The summed E-state index contributed by atoms with van der Waals surface area (Å²) >= 11 is 0. The number of likely N-dealkylation sites (tertiary alicyclic amines) is 1. The summed E-state index contributed by atoms with van der Waals surface area (Å²) < 4.78 is 0. The SMILES string of the molecule is CCN1C(=O)CC(NCC2(C)CCCCC2)C1=O. The van der Waals surface area contributed by atoms with Crippen LogP contribution >= 0.6 is 0 Å². The zero-order valence-corrected chi connectivity index (χ0v) is 11.5. The molecule has 0 bridgehead atoms. The van der Waals surface area contributed by atoms with Gasteiger partial charge in [0.1, 0.15) is 0 Å². The van der Waals surface area contributed by atoms with Crippen LogP contribution in [0.2, 0.25) is 0 Å². The fraction of sp³-hybridized carbons (Fsp3) is 0.857. The second-order valence-corrected chi connectivity index (χ2v) is 5.99. The minimum Gasteiger partial charge on any atom is -0.305 e. The Morgan fingerprint density at radius 2 is 1.94 bits per heavy atom. The number of hydrogen-bond acceptors (Lipinski definition) is 3. The van der Waals surface area contributed by atoms with Crippen LogP contribution in [0.4, 0.5) is 0 Å². The van der Waals surface area contributed by atoms with Gasteiger partial charge in [0, 0.05) is 13.1 Å². The van der Waals surface area contributed by atoms with Gasteiger partial charge in [0.2, 0.25) is 11.8 Å². The number of nitrogens with zero attached hydrogens (tertiary/aromatic N) is 1. The van der Waals surface area contributed by atoms with Gasteiger partial charge < -0.3 is 5.32 Å². The van der Waals surface area contributed by atoms with E-state index in [4.69, 9.17) is 0 Å². The van der Waals surface area contributed by atoms with E-state index >= 15 is 0 Å². The minimum atomic E-state index is -0.281. The largest absolute Gasteiger partial charge is 0.305 e. The Kier molecular flexibility index (Phi) is 4.05. The van der Waals surface area contributed by atoms with Crippen LogP contribution in [0.25, 0.3) is 0 Å². The number of nitrogens with one attached hydrogen (secondary N) is 1. The van der Waals surface area contributed by atoms with Crippen LogP contribution < -0.4 is 5.32 Å². The summed E-state index contributed by atoms with van der Waals surface area (Å²) in [4.78, 5) is 25.0. The Balaban J connectivity index is 1.87. The van der Waals surface area contributed by atoms with Crippen molar-refractivity contribution in [1.82, 2.24) is 10.2 Å². The van der Waals surface area contributed by atoms with Crippen LogP contribution in [0.5, 0.6) is 0 Å². The highest BCUT2D eigenvalue weighted by molar-refractivity contribution is 6.05. The Morgan fingerprint density at radius 1 is 1.28 bits per heavy atom. The summed E-state index contributed by atoms with van der Waals surface area (Å²) in [5.41, 5.74) is 0.307. The molecule has 1 aliphatic carbocycles. The predicted molar refractivity (Wildman–Crippen MR) is 70.0 cm³/mol. The van der Waals surface area contributed by atoms with Crippen molar-refractivity contribution in [1.29, 1.82) is 0 Å². The lowest BCUT2D eigenvalue weighted by molar-refractivity contribution is -0.138. The van der Waals surface area contributed by atoms with Crippen LogP contribution in [0.15, 0.2) is 0 Å². The van der Waals surface area contributed by atoms with E-state index in [0.717, 1.165) is 6.54 Å². The van der Waals surface area contributed by atoms with Gasteiger partial charge in [-0.25, -0.2) is 0 Å². The molecular weight excluding hydrogens is 228 g/mol. The molecule has 1 aliphatic heterocycles. The molecule has 1 saturated carbocycles. The van der Waals surface area contributed by atoms with Gasteiger partial charge >= 0.3 is 0 Å². The number of hydrogen-bond donors (Lipinski definition) is 1. The molecule has 0 spiro atoms. The molecule has 1 heterocycles. The summed E-state index contributed by atoms with van der Waals surface area (Å²) in [5, 5.41) is 3.32. The topological polar surface area (TPSA) is 49.4 Å². The van der Waals surface area contributed by atoms with Crippen molar-refractivity contribution in [3.8, 4) is 0 Å². The highest BCUT2D eigenvalue weighted by atomic mass is 16.2. The van der Waals surface area contributed by atoms with Gasteiger partial charge in [0.25, 0.3) is 0 Å². The monoisotopic (exact) mass is 252 g/mol. The Bertz CT molecular complexity index is 335. The van der Waals surface area contributed by atoms with Crippen molar-refractivity contribution in [3.05, 3.63) is 0 Å². The number of imide groups is 1. The molecule has 2 amide bonds. The van der Waals surface area contributed by atoms with Crippen molar-refractivity contribution in [2.75, 3.05) is 13.1 Å². The molecule has 0 aromatic heterocycles. The standard InChI is InChI=1S/C14H24N2O2/c1-3-16-12(17)9-11(13(16)18)15-10-14(2)7-5-4-6-8-14/h11,15H,3-10H2,1-2H3. The van der Waals surface area contributed by atoms with Gasteiger partial charge in [0.15, 0.2) is 0 Å². The van der Waals surface area contributed by atoms with Crippen LogP contribution in [0, 0.1) is 5.41 Å². The molecule has 1 unspecified atom stereocenters. The second-order valence-electron chi connectivity index (χ2n) is 5.99. The lowest BCUT2D eigenvalue weighted by Gasteiger charge is -2.34. The van der Waals surface area contributed by atoms with Crippen LogP contribution in [0.1, 0.15) is 52.4 Å². The van der Waals surface area contributed by atoms with E-state index in [1.165, 1.54) is 37.0 Å². The molecule has 2 rings (SSSR count). The zero-order valence-electron chi connectivity index (χ0n) is 11.5. The zero-order chi connectivity index (χ0) is 13.2. The molecule has 1 saturated heterocycles. The Morgan fingerprint density at radius 3 is 2.50 bits per heavy atom. The molecule has 0 aromatic carbocycles. The minimum absolute atomic E-state index is 0.0335. The first-order chi connectivity index (χ1) is 8.56. The summed E-state index contributed by atoms with van der Waals surface area (Å²) in [6.45, 7) is 5.49. The van der Waals surface area contributed by atoms with E-state index in [2.05, 4.69) is 12.2 Å². The van der Waals surface area contributed by atoms with Crippen molar-refractivity contribution >= 4 is 11.8 Å². The molecule has 18 heavy (non-hydrogen) atoms. The second kappa shape index (κ2) is 5.39. The van der Waals surface area contributed by atoms with E-state index in [0.29, 0.717) is 18.4 Å². The van der Waals surface area contributed by atoms with Crippen molar-refractivity contribution in [2.24, 2.45) is 5.41 Å². The first-order valence-electron chi connectivity index (χ1n) is 7.13. The van der Waals surface area contributed by atoms with Crippen LogP contribution in [-0.2, 0) is 9.59 Å². The Hall–Kier alpha value is -0.900. The van der Waals surface area contributed by atoms with E-state index < -0.39 is 0 Å². The summed E-state index contributed by atoms with van der Waals surface area (Å²) in [6.07, 6.45) is 6.70. The normalized spacial score (nSPS) is 27.9. The third kappa shape index (κ3) is 2.74. The molecule has 4 nitrogen and oxygen atoms in total. The first-order valence-corrected chi connectivity index (χ1v) is 7.13. The molecule has 2 aliphatic rings. The van der Waals surface area contributed by atoms with Crippen LogP contribution in [0.3, 0.4) is 0 Å². The lowest BCUT2D eigenvalue weighted by Crippen LogP contribution is -2.43. The molecular formula is C14H24N2O2. The smallest absolute Gasteiger partial charge is 0.246 e. The van der Waals surface area contributed by atoms with E-state index in [1.807, 2.05) is 6.92 Å². The van der Waals surface area contributed by atoms with Gasteiger partial charge in [0.05, 0.1) is 12.5 Å². The molecule has 2 fully saturated rings. The number of carbonyl (C=O) groups excluding carboxylic acids is 2. The number of rotatable bonds is 4. The van der Waals surface area contributed by atoms with Crippen LogP contribution in [-0.4, -0.2) is 35.8 Å². The Labute approximate surface area is 109 Å². The van der Waals surface area contributed by atoms with Gasteiger partial charge in [-0.3, -0.25) is 14.5 Å². The quantitative estimate of drug-likeness (QED) is 0.775. The number of carbonyl (C=O) groups is 2. The molecule has 1 atom stereocenters. The fourth-order valence-corrected chi connectivity index (χ4v) is 3.13. The van der Waals surface area contributed by atoms with Gasteiger partial charge in [-0.05, 0) is 25.2 Å². The van der Waals surface area contributed by atoms with Crippen molar-refractivity contribution in [3.63, 3.8) is 0 Å². The highest BCUT2D eigenvalue weighted by Gasteiger charge is 2.38. The number of amides is 2. The maximum Gasteiger partial charge on any atom is 0.246 e. The summed E-state index contributed by atoms with van der Waals surface area (Å²) in [6, 6.07) is -0.281. The third-order valence-electron chi connectivity index (χ3n) is 4.40. The predicted octanol–water partition coefficient (Wildman–Crippen LogP) is 1.69. The molecule has 1 N–H and O–H groups in total. The molecule has 0 radical (unpaired) electrons. The van der Waals surface area contributed by atoms with E-state index in [9.17, 15) is 9.59 Å². The van der Waals surface area contributed by atoms with Crippen molar-refractivity contribution < 1.29 is 9.59 Å². The lowest BCUT2D eigenvalue weighted by atomic mass is 9.75. The average molecular weight is 252 g/mol. The maximum atomic E-state index is 12.0. The summed E-state index contributed by atoms with van der Waals surface area (Å²) in [5.74, 6) is -0.0734. The highest BCUT2D eigenvalue weighted by Crippen LogP contribution is 2.35. The fourth-order valence-electron chi connectivity index (χ4n) is 3.13.